The van der Waals surface area contributed by atoms with E-state index in [4.69, 9.17) is 4.42 Å². The maximum atomic E-state index is 13.6. The van der Waals surface area contributed by atoms with Crippen molar-refractivity contribution in [1.82, 2.24) is 9.88 Å². The van der Waals surface area contributed by atoms with Crippen LogP contribution >= 0.6 is 0 Å². The van der Waals surface area contributed by atoms with E-state index in [1.54, 1.807) is 6.07 Å². The number of rotatable bonds is 7. The molecule has 9 heteroatoms. The number of nitrogens with zero attached hydrogens (tertiary/aromatic N) is 2. The van der Waals surface area contributed by atoms with Gasteiger partial charge in [-0.3, -0.25) is 13.9 Å². The molecule has 0 spiro atoms. The number of piperidine rings is 1. The van der Waals surface area contributed by atoms with E-state index in [0.717, 1.165) is 40.4 Å². The van der Waals surface area contributed by atoms with Crippen LogP contribution in [0, 0.1) is 6.92 Å². The number of carbonyl (C=O) groups is 2. The van der Waals surface area contributed by atoms with Crippen LogP contribution in [-0.2, 0) is 10.0 Å². The second-order valence-electron chi connectivity index (χ2n) is 11.4. The van der Waals surface area contributed by atoms with Crippen LogP contribution in [0.25, 0.3) is 33.2 Å². The highest BCUT2D eigenvalue weighted by Gasteiger charge is 2.32. The number of carbonyl (C=O) groups excluding carboxylic acids is 2. The van der Waals surface area contributed by atoms with Crippen molar-refractivity contribution in [2.45, 2.75) is 39.0 Å². The summed E-state index contributed by atoms with van der Waals surface area (Å²) in [4.78, 5) is 32.1. The predicted octanol–water partition coefficient (Wildman–Crippen LogP) is 6.90. The first-order chi connectivity index (χ1) is 20.5. The second-order valence-corrected chi connectivity index (χ2v) is 13.5. The summed E-state index contributed by atoms with van der Waals surface area (Å²) in [6.07, 6.45) is 2.99. The Hall–Kier alpha value is -4.37. The SMILES string of the molecule is CCC(=O)c1c(-c2ccc(C)cc2)oc2cc(N(C)S(C)(=O)=O)c([C@H]3CCCN(C(=O)c4cc5ccccc5[nH]4)C3)cc12. The number of amides is 1. The number of aryl methyl sites for hydroxylation is 1. The molecule has 0 unspecified atom stereocenters. The van der Waals surface area contributed by atoms with E-state index >= 15 is 0 Å². The van der Waals surface area contributed by atoms with E-state index in [0.29, 0.717) is 53.2 Å². The summed E-state index contributed by atoms with van der Waals surface area (Å²) < 4.78 is 33.2. The molecule has 8 nitrogen and oxygen atoms in total. The van der Waals surface area contributed by atoms with Crippen molar-refractivity contribution >= 4 is 49.3 Å². The van der Waals surface area contributed by atoms with Gasteiger partial charge in [0.15, 0.2) is 5.78 Å². The largest absolute Gasteiger partial charge is 0.455 e. The predicted molar refractivity (Wildman–Crippen MR) is 170 cm³/mol. The molecule has 43 heavy (non-hydrogen) atoms. The third-order valence-corrected chi connectivity index (χ3v) is 9.69. The summed E-state index contributed by atoms with van der Waals surface area (Å²) in [5.74, 6) is 0.190. The highest BCUT2D eigenvalue weighted by molar-refractivity contribution is 7.92. The van der Waals surface area contributed by atoms with Gasteiger partial charge >= 0.3 is 0 Å². The molecule has 2 aromatic heterocycles. The molecular weight excluding hydrogens is 562 g/mol. The number of H-pyrrole nitrogens is 1. The van der Waals surface area contributed by atoms with Crippen molar-refractivity contribution in [1.29, 1.82) is 0 Å². The zero-order valence-corrected chi connectivity index (χ0v) is 25.6. The van der Waals surface area contributed by atoms with E-state index in [1.807, 2.05) is 79.4 Å². The fourth-order valence-electron chi connectivity index (χ4n) is 6.06. The Kier molecular flexibility index (Phi) is 7.38. The molecule has 5 aromatic rings. The molecule has 0 radical (unpaired) electrons. The van der Waals surface area contributed by atoms with Crippen LogP contribution in [0.1, 0.15) is 64.1 Å². The number of aromatic nitrogens is 1. The molecule has 3 aromatic carbocycles. The zero-order chi connectivity index (χ0) is 30.5. The molecule has 1 fully saturated rings. The number of nitrogens with one attached hydrogen (secondary N) is 1. The Bertz CT molecular complexity index is 1940. The molecular formula is C34H35N3O5S. The Morgan fingerprint density at radius 1 is 1.07 bits per heavy atom. The minimum absolute atomic E-state index is 0.0521. The molecule has 1 N–H and O–H groups in total. The fraction of sp³-hybridized carbons (Fsp3) is 0.294. The highest BCUT2D eigenvalue weighted by atomic mass is 32.2. The first-order valence-electron chi connectivity index (χ1n) is 14.6. The molecule has 1 atom stereocenters. The number of anilines is 1. The van der Waals surface area contributed by atoms with E-state index < -0.39 is 10.0 Å². The number of para-hydroxylation sites is 1. The number of likely N-dealkylation sites (tertiary alicyclic amines) is 1. The zero-order valence-electron chi connectivity index (χ0n) is 24.8. The Morgan fingerprint density at radius 2 is 1.81 bits per heavy atom. The second kappa shape index (κ2) is 11.0. The topological polar surface area (TPSA) is 104 Å². The monoisotopic (exact) mass is 597 g/mol. The number of sulfonamides is 1. The van der Waals surface area contributed by atoms with Gasteiger partial charge in [-0.2, -0.15) is 0 Å². The van der Waals surface area contributed by atoms with Crippen LogP contribution in [0.4, 0.5) is 5.69 Å². The van der Waals surface area contributed by atoms with Crippen molar-refractivity contribution in [2.75, 3.05) is 30.7 Å². The maximum absolute atomic E-state index is 13.6. The van der Waals surface area contributed by atoms with Gasteiger partial charge in [0.05, 0.1) is 17.5 Å². The summed E-state index contributed by atoms with van der Waals surface area (Å²) in [6.45, 7) is 4.84. The quantitative estimate of drug-likeness (QED) is 0.206. The van der Waals surface area contributed by atoms with Gasteiger partial charge in [-0.15, -0.1) is 0 Å². The summed E-state index contributed by atoms with van der Waals surface area (Å²) in [5.41, 5.74) is 5.51. The van der Waals surface area contributed by atoms with Gasteiger partial charge in [0, 0.05) is 60.4 Å². The number of benzene rings is 3. The van der Waals surface area contributed by atoms with Gasteiger partial charge in [0.25, 0.3) is 5.91 Å². The molecule has 0 bridgehead atoms. The lowest BCUT2D eigenvalue weighted by molar-refractivity contribution is 0.0702. The Balaban J connectivity index is 1.46. The van der Waals surface area contributed by atoms with E-state index in [2.05, 4.69) is 4.98 Å². The molecule has 222 valence electrons. The van der Waals surface area contributed by atoms with Crippen molar-refractivity contribution in [2.24, 2.45) is 0 Å². The van der Waals surface area contributed by atoms with Crippen molar-refractivity contribution in [3.8, 4) is 11.3 Å². The van der Waals surface area contributed by atoms with Gasteiger partial charge in [-0.05, 0) is 43.5 Å². The molecule has 0 saturated carbocycles. The molecule has 6 rings (SSSR count). The Morgan fingerprint density at radius 3 is 2.51 bits per heavy atom. The molecule has 0 aliphatic carbocycles. The summed E-state index contributed by atoms with van der Waals surface area (Å²) in [5, 5.41) is 1.63. The summed E-state index contributed by atoms with van der Waals surface area (Å²) >= 11 is 0. The van der Waals surface area contributed by atoms with Crippen molar-refractivity contribution in [3.05, 3.63) is 89.1 Å². The number of hydrogen-bond donors (Lipinski definition) is 1. The lowest BCUT2D eigenvalue weighted by Gasteiger charge is -2.34. The van der Waals surface area contributed by atoms with Gasteiger partial charge in [-0.1, -0.05) is 55.0 Å². The number of fused-ring (bicyclic) bond motifs is 2. The van der Waals surface area contributed by atoms with Gasteiger partial charge in [0.2, 0.25) is 10.0 Å². The van der Waals surface area contributed by atoms with Gasteiger partial charge < -0.3 is 14.3 Å². The maximum Gasteiger partial charge on any atom is 0.270 e. The van der Waals surface area contributed by atoms with Crippen LogP contribution in [0.2, 0.25) is 0 Å². The van der Waals surface area contributed by atoms with Crippen LogP contribution < -0.4 is 4.31 Å². The normalized spacial score (nSPS) is 15.7. The fourth-order valence-corrected chi connectivity index (χ4v) is 6.58. The summed E-state index contributed by atoms with van der Waals surface area (Å²) in [7, 11) is -2.09. The van der Waals surface area contributed by atoms with Crippen LogP contribution in [0.5, 0.6) is 0 Å². The lowest BCUT2D eigenvalue weighted by atomic mass is 9.87. The van der Waals surface area contributed by atoms with Gasteiger partial charge in [0.1, 0.15) is 17.0 Å². The molecule has 1 amide bonds. The van der Waals surface area contributed by atoms with E-state index in [1.165, 1.54) is 17.6 Å². The number of furan rings is 1. The number of aromatic amines is 1. The average molecular weight is 598 g/mol. The number of ketones is 1. The molecule has 3 heterocycles. The van der Waals surface area contributed by atoms with E-state index in [9.17, 15) is 18.0 Å². The van der Waals surface area contributed by atoms with Crippen LogP contribution in [-0.4, -0.2) is 56.4 Å². The van der Waals surface area contributed by atoms with E-state index in [-0.39, 0.29) is 17.6 Å². The standard InChI is InChI=1S/C34H35N3O5S/c1-5-30(38)32-26-18-25(24-10-8-16-37(20-24)34(39)28-17-23-9-6-7-11-27(23)35-28)29(36(3)43(4,40)41)19-31(26)42-33(32)22-14-12-21(2)13-15-22/h6-7,9,11-15,17-19,24,35H,5,8,10,16,20H2,1-4H3/t24-/m0/s1. The third-order valence-electron chi connectivity index (χ3n) is 8.50. The Labute approximate surface area is 251 Å². The van der Waals surface area contributed by atoms with Crippen molar-refractivity contribution < 1.29 is 22.4 Å². The first kappa shape index (κ1) is 28.7. The number of hydrogen-bond acceptors (Lipinski definition) is 5. The average Bonchev–Trinajstić information content (AvgIpc) is 3.61. The minimum atomic E-state index is -3.62. The molecule has 1 saturated heterocycles. The first-order valence-corrected chi connectivity index (χ1v) is 16.4. The number of Topliss-reactive ketones (excluding diaryl/α,β-unsaturated/α-hetero) is 1. The molecule has 1 aliphatic heterocycles. The summed E-state index contributed by atoms with van der Waals surface area (Å²) in [6, 6.07) is 21.1. The van der Waals surface area contributed by atoms with Gasteiger partial charge in [-0.25, -0.2) is 8.42 Å². The van der Waals surface area contributed by atoms with Crippen molar-refractivity contribution in [3.63, 3.8) is 0 Å². The van der Waals surface area contributed by atoms with Crippen LogP contribution in [0.15, 0.2) is 71.1 Å². The highest BCUT2D eigenvalue weighted by Crippen LogP contribution is 2.42. The molecule has 1 aliphatic rings. The smallest absolute Gasteiger partial charge is 0.270 e. The van der Waals surface area contributed by atoms with Crippen LogP contribution in [0.3, 0.4) is 0 Å². The lowest BCUT2D eigenvalue weighted by Crippen LogP contribution is -2.39. The third kappa shape index (κ3) is 5.33. The minimum Gasteiger partial charge on any atom is -0.455 e.